The molecule has 6 rings (SSSR count). The van der Waals surface area contributed by atoms with E-state index in [1.54, 1.807) is 32.7 Å². The number of carbonyl (C=O) groups excluding carboxylic acids is 3. The summed E-state index contributed by atoms with van der Waals surface area (Å²) in [5.41, 5.74) is 3.85. The summed E-state index contributed by atoms with van der Waals surface area (Å²) in [6.07, 6.45) is 8.31. The average Bonchev–Trinajstić information content (AvgIpc) is 3.71. The molecule has 12 nitrogen and oxygen atoms in total. The summed E-state index contributed by atoms with van der Waals surface area (Å²) in [5, 5.41) is 13.4. The summed E-state index contributed by atoms with van der Waals surface area (Å²) in [6, 6.07) is 15.2. The summed E-state index contributed by atoms with van der Waals surface area (Å²) in [7, 11) is 3.18. The van der Waals surface area contributed by atoms with E-state index in [2.05, 4.69) is 43.1 Å². The van der Waals surface area contributed by atoms with Crippen LogP contribution in [0.25, 0.3) is 11.1 Å². The number of carbonyl (C=O) groups is 3. The molecule has 0 unspecified atom stereocenters. The van der Waals surface area contributed by atoms with Gasteiger partial charge < -0.3 is 25.4 Å². The van der Waals surface area contributed by atoms with E-state index in [9.17, 15) is 14.4 Å². The molecule has 3 N–H and O–H groups in total. The molecule has 1 atom stereocenters. The lowest BCUT2D eigenvalue weighted by atomic mass is 10.00. The van der Waals surface area contributed by atoms with Gasteiger partial charge in [0.15, 0.2) is 11.5 Å². The van der Waals surface area contributed by atoms with Gasteiger partial charge in [0.2, 0.25) is 11.8 Å². The predicted octanol–water partition coefficient (Wildman–Crippen LogP) is 3.94. The molecule has 4 aromatic rings. The topological polar surface area (TPSA) is 140 Å². The van der Waals surface area contributed by atoms with Crippen LogP contribution in [-0.4, -0.2) is 76.3 Å². The summed E-state index contributed by atoms with van der Waals surface area (Å²) in [6.45, 7) is 6.66. The van der Waals surface area contributed by atoms with Crippen LogP contribution in [0.5, 0.6) is 11.5 Å². The first-order chi connectivity index (χ1) is 24.2. The van der Waals surface area contributed by atoms with Crippen molar-refractivity contribution in [1.29, 1.82) is 0 Å². The third-order valence-corrected chi connectivity index (χ3v) is 9.25. The summed E-state index contributed by atoms with van der Waals surface area (Å²) in [5.74, 6) is 0.194. The molecular formula is C38H45N7O5. The summed E-state index contributed by atoms with van der Waals surface area (Å²) < 4.78 is 13.5. The van der Waals surface area contributed by atoms with Crippen molar-refractivity contribution >= 4 is 17.7 Å². The summed E-state index contributed by atoms with van der Waals surface area (Å²) in [4.78, 5) is 47.5. The largest absolute Gasteiger partial charge is 0.493 e. The van der Waals surface area contributed by atoms with E-state index >= 15 is 0 Å². The highest BCUT2D eigenvalue weighted by Gasteiger charge is 2.52. The van der Waals surface area contributed by atoms with Crippen molar-refractivity contribution in [2.45, 2.75) is 64.3 Å². The average molecular weight is 680 g/mol. The zero-order chi connectivity index (χ0) is 35.3. The molecule has 4 bridgehead atoms. The first-order valence-electron chi connectivity index (χ1n) is 17.1. The standard InChI is InChI=1S/C38H45N7O5/c1-25(2)16-32-36(47)40-13-15-44(23-27-8-5-6-9-28(27)24-45-14-7-12-41-45)22-26-17-31(34(50-4)33(18-26)49-3)29-19-30(21-39-20-29)35(46)43-38(10-11-38)37(48)42-32/h5-9,12,14,17-21,25,32H,10-11,13,15-16,22-24H2,1-4H3,(H,40,47)(H,42,48)(H,43,46)/t32-/m1/s1. The molecule has 1 aliphatic carbocycles. The maximum atomic E-state index is 13.6. The zero-order valence-corrected chi connectivity index (χ0v) is 29.1. The molecular weight excluding hydrogens is 634 g/mol. The quantitative estimate of drug-likeness (QED) is 0.255. The van der Waals surface area contributed by atoms with E-state index in [0.717, 1.165) is 16.7 Å². The highest BCUT2D eigenvalue weighted by atomic mass is 16.5. The van der Waals surface area contributed by atoms with Crippen LogP contribution in [-0.2, 0) is 29.2 Å². The molecule has 2 aliphatic rings. The Morgan fingerprint density at radius 2 is 1.72 bits per heavy atom. The number of aromatic nitrogens is 3. The minimum Gasteiger partial charge on any atom is -0.493 e. The molecule has 3 amide bonds. The maximum Gasteiger partial charge on any atom is 0.253 e. The van der Waals surface area contributed by atoms with Gasteiger partial charge in [0.1, 0.15) is 11.6 Å². The second kappa shape index (κ2) is 15.1. The van der Waals surface area contributed by atoms with Gasteiger partial charge in [-0.2, -0.15) is 5.10 Å². The van der Waals surface area contributed by atoms with Crippen LogP contribution in [0.15, 0.2) is 73.3 Å². The van der Waals surface area contributed by atoms with E-state index in [4.69, 9.17) is 9.47 Å². The Morgan fingerprint density at radius 1 is 0.960 bits per heavy atom. The number of fused-ring (bicyclic) bond motifs is 5. The van der Waals surface area contributed by atoms with Crippen molar-refractivity contribution in [1.82, 2.24) is 35.6 Å². The fourth-order valence-electron chi connectivity index (χ4n) is 6.47. The fraction of sp³-hybridized carbons (Fsp3) is 0.395. The molecule has 2 aromatic carbocycles. The number of hydrogen-bond donors (Lipinski definition) is 3. The van der Waals surface area contributed by atoms with Crippen molar-refractivity contribution in [2.24, 2.45) is 5.92 Å². The van der Waals surface area contributed by atoms with Crippen molar-refractivity contribution in [2.75, 3.05) is 27.3 Å². The Morgan fingerprint density at radius 3 is 2.40 bits per heavy atom. The van der Waals surface area contributed by atoms with Crippen LogP contribution < -0.4 is 25.4 Å². The van der Waals surface area contributed by atoms with Gasteiger partial charge in [0.05, 0.1) is 26.3 Å². The van der Waals surface area contributed by atoms with Gasteiger partial charge in [0, 0.05) is 62.1 Å². The Hall–Kier alpha value is -5.23. The number of nitrogens with zero attached hydrogens (tertiary/aromatic N) is 4. The van der Waals surface area contributed by atoms with Gasteiger partial charge in [-0.25, -0.2) is 0 Å². The predicted molar refractivity (Wildman–Crippen MR) is 188 cm³/mol. The van der Waals surface area contributed by atoms with Crippen molar-refractivity contribution in [3.8, 4) is 22.6 Å². The minimum absolute atomic E-state index is 0.157. The van der Waals surface area contributed by atoms with Gasteiger partial charge in [-0.1, -0.05) is 38.1 Å². The number of methoxy groups -OCH3 is 2. The number of pyridine rings is 1. The lowest BCUT2D eigenvalue weighted by molar-refractivity contribution is -0.130. The Labute approximate surface area is 292 Å². The first-order valence-corrected chi connectivity index (χ1v) is 17.1. The SMILES string of the molecule is COc1cc2cc(c1OC)-c1cncc(c1)C(=O)NC1(CC1)C(=O)N[C@H](CC(C)C)C(=O)NCCN(Cc1ccccc1Cn1cccn1)C2. The van der Waals surface area contributed by atoms with E-state index in [-0.39, 0.29) is 17.7 Å². The lowest BCUT2D eigenvalue weighted by Crippen LogP contribution is -2.55. The number of hydrogen-bond acceptors (Lipinski definition) is 8. The smallest absolute Gasteiger partial charge is 0.253 e. The second-order valence-electron chi connectivity index (χ2n) is 13.5. The molecule has 50 heavy (non-hydrogen) atoms. The van der Waals surface area contributed by atoms with Crippen molar-refractivity contribution in [3.05, 3.63) is 95.6 Å². The van der Waals surface area contributed by atoms with Crippen LogP contribution in [0.4, 0.5) is 0 Å². The van der Waals surface area contributed by atoms with E-state index < -0.39 is 17.5 Å². The molecule has 1 fully saturated rings. The normalized spacial score (nSPS) is 18.1. The molecule has 1 aliphatic heterocycles. The highest BCUT2D eigenvalue weighted by Crippen LogP contribution is 2.40. The number of ether oxygens (including phenoxy) is 2. The van der Waals surface area contributed by atoms with E-state index in [0.29, 0.717) is 80.2 Å². The van der Waals surface area contributed by atoms with Crippen LogP contribution >= 0.6 is 0 Å². The lowest BCUT2D eigenvalue weighted by Gasteiger charge is -2.27. The third kappa shape index (κ3) is 7.97. The number of amides is 3. The Bertz CT molecular complexity index is 1840. The Balaban J connectivity index is 1.39. The molecule has 0 saturated heterocycles. The molecule has 3 heterocycles. The van der Waals surface area contributed by atoms with Gasteiger partial charge >= 0.3 is 0 Å². The first kappa shape index (κ1) is 34.6. The number of rotatable bonds is 8. The third-order valence-electron chi connectivity index (χ3n) is 9.25. The molecule has 1 spiro atoms. The molecule has 262 valence electrons. The van der Waals surface area contributed by atoms with Crippen LogP contribution in [0, 0.1) is 5.92 Å². The van der Waals surface area contributed by atoms with Crippen LogP contribution in [0.2, 0.25) is 0 Å². The monoisotopic (exact) mass is 679 g/mol. The zero-order valence-electron chi connectivity index (χ0n) is 29.1. The number of nitrogens with one attached hydrogen (secondary N) is 3. The molecule has 12 heteroatoms. The summed E-state index contributed by atoms with van der Waals surface area (Å²) >= 11 is 0. The highest BCUT2D eigenvalue weighted by molar-refractivity contribution is 6.02. The fourth-order valence-corrected chi connectivity index (χ4v) is 6.47. The van der Waals surface area contributed by atoms with Crippen molar-refractivity contribution in [3.63, 3.8) is 0 Å². The minimum atomic E-state index is -1.07. The van der Waals surface area contributed by atoms with Crippen molar-refractivity contribution < 1.29 is 23.9 Å². The van der Waals surface area contributed by atoms with E-state index in [1.165, 1.54) is 6.20 Å². The van der Waals surface area contributed by atoms with E-state index in [1.807, 2.05) is 55.1 Å². The van der Waals surface area contributed by atoms with Crippen LogP contribution in [0.1, 0.15) is 60.2 Å². The molecule has 1 saturated carbocycles. The van der Waals surface area contributed by atoms with Gasteiger partial charge in [-0.3, -0.25) is 28.9 Å². The van der Waals surface area contributed by atoms with Gasteiger partial charge in [-0.15, -0.1) is 0 Å². The van der Waals surface area contributed by atoms with Crippen LogP contribution in [0.3, 0.4) is 0 Å². The second-order valence-corrected chi connectivity index (χ2v) is 13.5. The molecule has 2 aromatic heterocycles. The molecule has 0 radical (unpaired) electrons. The Kier molecular flexibility index (Phi) is 10.5. The number of benzene rings is 2. The van der Waals surface area contributed by atoms with Gasteiger partial charge in [-0.05, 0) is 66.1 Å². The van der Waals surface area contributed by atoms with Gasteiger partial charge in [0.25, 0.3) is 5.91 Å². The maximum absolute atomic E-state index is 13.6.